The smallest absolute Gasteiger partial charge is 0.257 e. The van der Waals surface area contributed by atoms with Crippen LogP contribution in [0.4, 0.5) is 15.8 Å². The molecule has 186 valence electrons. The van der Waals surface area contributed by atoms with E-state index in [1.807, 2.05) is 32.9 Å². The molecule has 0 radical (unpaired) electrons. The van der Waals surface area contributed by atoms with Gasteiger partial charge in [-0.25, -0.2) is 9.07 Å². The van der Waals surface area contributed by atoms with Gasteiger partial charge in [-0.3, -0.25) is 19.3 Å². The van der Waals surface area contributed by atoms with Crippen LogP contribution in [0.3, 0.4) is 0 Å². The SMILES string of the molecule is Cc1cc(C)n(-c2ccc(NC(=O)CCCN3C(=O)c4ccccc4N4C(=O)CCC34C)cc2F)n1. The quantitative estimate of drug-likeness (QED) is 0.558. The summed E-state index contributed by atoms with van der Waals surface area (Å²) in [5.41, 5.74) is 2.66. The third-order valence-electron chi connectivity index (χ3n) is 7.00. The van der Waals surface area contributed by atoms with Crippen molar-refractivity contribution in [1.29, 1.82) is 0 Å². The highest BCUT2D eigenvalue weighted by Gasteiger charge is 2.52. The number of fused-ring (bicyclic) bond motifs is 3. The normalized spacial score (nSPS) is 18.9. The molecule has 0 bridgehead atoms. The second-order valence-electron chi connectivity index (χ2n) is 9.58. The molecule has 3 heterocycles. The summed E-state index contributed by atoms with van der Waals surface area (Å²) in [5.74, 6) is -0.912. The van der Waals surface area contributed by atoms with E-state index in [1.54, 1.807) is 40.1 Å². The monoisotopic (exact) mass is 489 g/mol. The fourth-order valence-electron chi connectivity index (χ4n) is 5.29. The lowest BCUT2D eigenvalue weighted by Gasteiger charge is -2.48. The van der Waals surface area contributed by atoms with E-state index in [4.69, 9.17) is 0 Å². The first kappa shape index (κ1) is 23.7. The predicted molar refractivity (Wildman–Crippen MR) is 133 cm³/mol. The van der Waals surface area contributed by atoms with Gasteiger partial charge in [0.05, 0.1) is 16.9 Å². The maximum atomic E-state index is 14.7. The van der Waals surface area contributed by atoms with Gasteiger partial charge in [0.25, 0.3) is 5.91 Å². The maximum Gasteiger partial charge on any atom is 0.257 e. The predicted octanol–water partition coefficient (Wildman–Crippen LogP) is 4.35. The van der Waals surface area contributed by atoms with E-state index in [2.05, 4.69) is 10.4 Å². The molecular weight excluding hydrogens is 461 g/mol. The molecule has 2 aromatic carbocycles. The number of hydrogen-bond donors (Lipinski definition) is 1. The molecule has 0 aliphatic carbocycles. The van der Waals surface area contributed by atoms with Gasteiger partial charge in [-0.05, 0) is 70.0 Å². The van der Waals surface area contributed by atoms with E-state index in [9.17, 15) is 18.8 Å². The minimum absolute atomic E-state index is 0.00821. The standard InChI is InChI=1S/C27H28FN5O3/c1-17-15-18(2)33(30-17)23-11-10-19(16-21(23)28)29-24(34)9-6-14-31-26(36)20-7-4-5-8-22(20)32-25(35)12-13-27(31,32)3/h4-5,7-8,10-11,15-16H,6,9,12-14H2,1-3H3,(H,29,34). The number of anilines is 2. The van der Waals surface area contributed by atoms with E-state index in [0.29, 0.717) is 48.4 Å². The number of benzene rings is 2. The zero-order chi connectivity index (χ0) is 25.6. The molecule has 1 unspecified atom stereocenters. The van der Waals surface area contributed by atoms with Crippen LogP contribution in [0.15, 0.2) is 48.5 Å². The van der Waals surface area contributed by atoms with Gasteiger partial charge < -0.3 is 10.2 Å². The minimum Gasteiger partial charge on any atom is -0.326 e. The van der Waals surface area contributed by atoms with Crippen LogP contribution in [0.2, 0.25) is 0 Å². The number of nitrogens with zero attached hydrogens (tertiary/aromatic N) is 4. The summed E-state index contributed by atoms with van der Waals surface area (Å²) in [6.45, 7) is 5.92. The van der Waals surface area contributed by atoms with Gasteiger partial charge >= 0.3 is 0 Å². The number of carbonyl (C=O) groups is 3. The second-order valence-corrected chi connectivity index (χ2v) is 9.58. The lowest BCUT2D eigenvalue weighted by atomic mass is 9.98. The number of carbonyl (C=O) groups excluding carboxylic acids is 3. The summed E-state index contributed by atoms with van der Waals surface area (Å²) in [6, 6.07) is 13.5. The molecule has 2 aliphatic heterocycles. The molecule has 0 spiro atoms. The molecule has 36 heavy (non-hydrogen) atoms. The van der Waals surface area contributed by atoms with Crippen LogP contribution in [0, 0.1) is 19.7 Å². The Labute approximate surface area is 208 Å². The van der Waals surface area contributed by atoms with E-state index in [1.165, 1.54) is 10.7 Å². The van der Waals surface area contributed by atoms with Crippen LogP contribution >= 0.6 is 0 Å². The molecular formula is C27H28FN5O3. The molecule has 1 atom stereocenters. The Kier molecular flexibility index (Phi) is 5.86. The Morgan fingerprint density at radius 2 is 1.89 bits per heavy atom. The number of para-hydroxylation sites is 1. The molecule has 5 rings (SSSR count). The third kappa shape index (κ3) is 3.94. The van der Waals surface area contributed by atoms with E-state index in [0.717, 1.165) is 11.4 Å². The van der Waals surface area contributed by atoms with Crippen LogP contribution in [0.25, 0.3) is 5.69 Å². The van der Waals surface area contributed by atoms with E-state index in [-0.39, 0.29) is 24.1 Å². The van der Waals surface area contributed by atoms with Crippen molar-refractivity contribution in [3.8, 4) is 5.69 Å². The van der Waals surface area contributed by atoms with E-state index >= 15 is 0 Å². The van der Waals surface area contributed by atoms with Crippen molar-refractivity contribution in [2.75, 3.05) is 16.8 Å². The fraction of sp³-hybridized carbons (Fsp3) is 0.333. The Bertz CT molecular complexity index is 1380. The molecule has 1 fully saturated rings. The van der Waals surface area contributed by atoms with Crippen molar-refractivity contribution in [3.63, 3.8) is 0 Å². The largest absolute Gasteiger partial charge is 0.326 e. The van der Waals surface area contributed by atoms with E-state index < -0.39 is 11.5 Å². The van der Waals surface area contributed by atoms with Gasteiger partial charge in [-0.15, -0.1) is 0 Å². The second kappa shape index (κ2) is 8.89. The van der Waals surface area contributed by atoms with Gasteiger partial charge in [0.15, 0.2) is 5.82 Å². The molecule has 0 saturated carbocycles. The zero-order valence-corrected chi connectivity index (χ0v) is 20.5. The zero-order valence-electron chi connectivity index (χ0n) is 20.5. The summed E-state index contributed by atoms with van der Waals surface area (Å²) in [7, 11) is 0. The van der Waals surface area contributed by atoms with Crippen molar-refractivity contribution < 1.29 is 18.8 Å². The highest BCUT2D eigenvalue weighted by Crippen LogP contribution is 2.44. The first-order valence-corrected chi connectivity index (χ1v) is 12.1. The minimum atomic E-state index is -0.749. The number of aryl methyl sites for hydroxylation is 2. The lowest BCUT2D eigenvalue weighted by molar-refractivity contribution is -0.118. The van der Waals surface area contributed by atoms with Gasteiger partial charge in [0, 0.05) is 30.8 Å². The third-order valence-corrected chi connectivity index (χ3v) is 7.00. The van der Waals surface area contributed by atoms with Crippen molar-refractivity contribution in [2.45, 2.75) is 52.1 Å². The molecule has 1 saturated heterocycles. The van der Waals surface area contributed by atoms with Gasteiger partial charge in [-0.2, -0.15) is 5.10 Å². The lowest BCUT2D eigenvalue weighted by Crippen LogP contribution is -2.62. The van der Waals surface area contributed by atoms with Crippen LogP contribution < -0.4 is 10.2 Å². The average Bonchev–Trinajstić information content (AvgIpc) is 3.33. The summed E-state index contributed by atoms with van der Waals surface area (Å²) in [5, 5.41) is 7.04. The molecule has 8 nitrogen and oxygen atoms in total. The maximum absolute atomic E-state index is 14.7. The van der Waals surface area contributed by atoms with Gasteiger partial charge in [0.2, 0.25) is 11.8 Å². The summed E-state index contributed by atoms with van der Waals surface area (Å²) >= 11 is 0. The first-order valence-electron chi connectivity index (χ1n) is 12.1. The molecule has 1 N–H and O–H groups in total. The number of nitrogens with one attached hydrogen (secondary N) is 1. The Balaban J connectivity index is 1.24. The van der Waals surface area contributed by atoms with Crippen molar-refractivity contribution in [2.24, 2.45) is 0 Å². The molecule has 3 amide bonds. The summed E-state index contributed by atoms with van der Waals surface area (Å²) in [4.78, 5) is 42.0. The highest BCUT2D eigenvalue weighted by atomic mass is 19.1. The Morgan fingerprint density at radius 3 is 2.61 bits per heavy atom. The first-order chi connectivity index (χ1) is 17.2. The topological polar surface area (TPSA) is 87.5 Å². The number of rotatable bonds is 6. The molecule has 2 aliphatic rings. The molecule has 9 heteroatoms. The van der Waals surface area contributed by atoms with Crippen LogP contribution in [-0.4, -0.2) is 44.6 Å². The summed E-state index contributed by atoms with van der Waals surface area (Å²) < 4.78 is 16.3. The Morgan fingerprint density at radius 1 is 1.11 bits per heavy atom. The van der Waals surface area contributed by atoms with Crippen LogP contribution in [0.5, 0.6) is 0 Å². The van der Waals surface area contributed by atoms with Crippen molar-refractivity contribution >= 4 is 29.1 Å². The van der Waals surface area contributed by atoms with Crippen LogP contribution in [-0.2, 0) is 9.59 Å². The number of hydrogen-bond acceptors (Lipinski definition) is 4. The molecule has 3 aromatic rings. The average molecular weight is 490 g/mol. The Hall–Kier alpha value is -4.01. The van der Waals surface area contributed by atoms with Crippen molar-refractivity contribution in [3.05, 3.63) is 71.3 Å². The fourth-order valence-corrected chi connectivity index (χ4v) is 5.29. The number of halogens is 1. The number of aromatic nitrogens is 2. The molecule has 1 aromatic heterocycles. The van der Waals surface area contributed by atoms with Gasteiger partial charge in [-0.1, -0.05) is 12.1 Å². The van der Waals surface area contributed by atoms with Crippen LogP contribution in [0.1, 0.15) is 54.4 Å². The number of amides is 3. The summed E-state index contributed by atoms with van der Waals surface area (Å²) in [6.07, 6.45) is 1.47. The highest BCUT2D eigenvalue weighted by molar-refractivity contribution is 6.10. The van der Waals surface area contributed by atoms with Crippen molar-refractivity contribution in [1.82, 2.24) is 14.7 Å². The van der Waals surface area contributed by atoms with Gasteiger partial charge in [0.1, 0.15) is 11.4 Å².